The molecule has 1 aromatic carbocycles. The molecule has 0 saturated carbocycles. The minimum absolute atomic E-state index is 0.0604. The molecule has 3 atom stereocenters. The third-order valence-electron chi connectivity index (χ3n) is 5.54. The Bertz CT molecular complexity index is 714. The molecule has 0 unspecified atom stereocenters. The number of methoxy groups -OCH3 is 1. The van der Waals surface area contributed by atoms with E-state index in [0.717, 1.165) is 12.8 Å². The highest BCUT2D eigenvalue weighted by molar-refractivity contribution is 5.96. The quantitative estimate of drug-likeness (QED) is 0.292. The van der Waals surface area contributed by atoms with Gasteiger partial charge in [0.2, 0.25) is 0 Å². The summed E-state index contributed by atoms with van der Waals surface area (Å²) in [4.78, 5) is 25.9. The number of hydrogen-bond donors (Lipinski definition) is 4. The van der Waals surface area contributed by atoms with Crippen LogP contribution < -0.4 is 21.1 Å². The Kier molecular flexibility index (Phi) is 13.4. The molecule has 0 heterocycles. The molecule has 0 fully saturated rings. The normalized spacial score (nSPS) is 13.8. The molecular formula is C24H42N4O5. The number of nitrogens with one attached hydrogen (secondary N) is 2. The monoisotopic (exact) mass is 466 g/mol. The van der Waals surface area contributed by atoms with Gasteiger partial charge < -0.3 is 35.8 Å². The number of rotatable bonds is 15. The van der Waals surface area contributed by atoms with Gasteiger partial charge in [-0.1, -0.05) is 26.0 Å². The molecule has 0 aliphatic carbocycles. The van der Waals surface area contributed by atoms with Crippen LogP contribution in [-0.2, 0) is 4.74 Å². The third kappa shape index (κ3) is 10.9. The number of carbonyl (C=O) groups is 2. The van der Waals surface area contributed by atoms with Crippen LogP contribution in [0.5, 0.6) is 5.75 Å². The number of para-hydroxylation sites is 1. The predicted octanol–water partition coefficient (Wildman–Crippen LogP) is 1.84. The van der Waals surface area contributed by atoms with E-state index in [4.69, 9.17) is 15.2 Å². The molecule has 0 spiro atoms. The molecule has 9 nitrogen and oxygen atoms in total. The van der Waals surface area contributed by atoms with Gasteiger partial charge in [-0.2, -0.15) is 0 Å². The van der Waals surface area contributed by atoms with Crippen molar-refractivity contribution in [3.8, 4) is 5.75 Å². The maximum atomic E-state index is 12.8. The van der Waals surface area contributed by atoms with Crippen LogP contribution in [0.25, 0.3) is 0 Å². The largest absolute Gasteiger partial charge is 0.493 e. The number of nitrogens with two attached hydrogens (primary N) is 1. The van der Waals surface area contributed by atoms with Gasteiger partial charge in [0.05, 0.1) is 18.3 Å². The Hall–Kier alpha value is -2.36. The SMILES string of the molecule is COCCCCOc1ccccc1C(=O)NC[C@@H](C[C@H](N)[C@@H](O)CNC(=O)N(C)C)C(C)C. The second-order valence-electron chi connectivity index (χ2n) is 8.81. The molecule has 9 heteroatoms. The second-order valence-corrected chi connectivity index (χ2v) is 8.81. The number of aliphatic hydroxyl groups is 1. The first-order chi connectivity index (χ1) is 15.7. The average molecular weight is 467 g/mol. The number of nitrogens with zero attached hydrogens (tertiary/aromatic N) is 1. The summed E-state index contributed by atoms with van der Waals surface area (Å²) < 4.78 is 10.9. The first-order valence-electron chi connectivity index (χ1n) is 11.5. The summed E-state index contributed by atoms with van der Waals surface area (Å²) in [7, 11) is 4.93. The van der Waals surface area contributed by atoms with Crippen molar-refractivity contribution < 1.29 is 24.2 Å². The number of amides is 3. The number of benzene rings is 1. The van der Waals surface area contributed by atoms with Crippen molar-refractivity contribution in [3.63, 3.8) is 0 Å². The maximum Gasteiger partial charge on any atom is 0.316 e. The minimum Gasteiger partial charge on any atom is -0.493 e. The van der Waals surface area contributed by atoms with Crippen molar-refractivity contribution in [2.24, 2.45) is 17.6 Å². The van der Waals surface area contributed by atoms with Gasteiger partial charge in [-0.05, 0) is 43.2 Å². The van der Waals surface area contributed by atoms with E-state index >= 15 is 0 Å². The van der Waals surface area contributed by atoms with Crippen LogP contribution in [0.3, 0.4) is 0 Å². The smallest absolute Gasteiger partial charge is 0.316 e. The summed E-state index contributed by atoms with van der Waals surface area (Å²) in [5, 5.41) is 16.0. The number of hydrogen-bond acceptors (Lipinski definition) is 6. The van der Waals surface area contributed by atoms with E-state index in [1.807, 2.05) is 6.07 Å². The molecule has 1 rings (SSSR count). The van der Waals surface area contributed by atoms with E-state index in [2.05, 4.69) is 24.5 Å². The predicted molar refractivity (Wildman–Crippen MR) is 129 cm³/mol. The van der Waals surface area contributed by atoms with Crippen molar-refractivity contribution in [2.45, 2.75) is 45.3 Å². The number of aliphatic hydroxyl groups excluding tert-OH is 1. The Morgan fingerprint density at radius 2 is 1.76 bits per heavy atom. The zero-order chi connectivity index (χ0) is 24.8. The number of unbranched alkanes of at least 4 members (excludes halogenated alkanes) is 1. The highest BCUT2D eigenvalue weighted by atomic mass is 16.5. The van der Waals surface area contributed by atoms with E-state index in [1.54, 1.807) is 39.4 Å². The molecule has 0 aromatic heterocycles. The molecule has 0 radical (unpaired) electrons. The lowest BCUT2D eigenvalue weighted by Crippen LogP contribution is -2.47. The Morgan fingerprint density at radius 3 is 2.39 bits per heavy atom. The van der Waals surface area contributed by atoms with Gasteiger partial charge in [0, 0.05) is 46.9 Å². The van der Waals surface area contributed by atoms with Gasteiger partial charge in [-0.3, -0.25) is 4.79 Å². The van der Waals surface area contributed by atoms with Gasteiger partial charge in [0.1, 0.15) is 5.75 Å². The van der Waals surface area contributed by atoms with E-state index < -0.39 is 12.1 Å². The summed E-state index contributed by atoms with van der Waals surface area (Å²) in [5.74, 6) is 0.648. The van der Waals surface area contributed by atoms with Crippen molar-refractivity contribution in [1.82, 2.24) is 15.5 Å². The van der Waals surface area contributed by atoms with Crippen LogP contribution in [0.4, 0.5) is 4.79 Å². The van der Waals surface area contributed by atoms with Crippen LogP contribution in [0.1, 0.15) is 43.5 Å². The Balaban J connectivity index is 2.61. The van der Waals surface area contributed by atoms with E-state index in [0.29, 0.717) is 37.5 Å². The zero-order valence-electron chi connectivity index (χ0n) is 20.7. The van der Waals surface area contributed by atoms with Crippen LogP contribution in [0.2, 0.25) is 0 Å². The van der Waals surface area contributed by atoms with Crippen LogP contribution in [-0.4, -0.2) is 81.6 Å². The van der Waals surface area contributed by atoms with Crippen molar-refractivity contribution >= 4 is 11.9 Å². The van der Waals surface area contributed by atoms with E-state index in [9.17, 15) is 14.7 Å². The summed E-state index contributed by atoms with van der Waals surface area (Å²) in [6.07, 6.45) is 1.37. The van der Waals surface area contributed by atoms with Crippen molar-refractivity contribution in [2.75, 3.05) is 47.5 Å². The zero-order valence-corrected chi connectivity index (χ0v) is 20.7. The van der Waals surface area contributed by atoms with Gasteiger partial charge >= 0.3 is 6.03 Å². The fraction of sp³-hybridized carbons (Fsp3) is 0.667. The molecule has 3 amide bonds. The molecule has 33 heavy (non-hydrogen) atoms. The van der Waals surface area contributed by atoms with E-state index in [1.165, 1.54) is 4.90 Å². The highest BCUT2D eigenvalue weighted by Crippen LogP contribution is 2.20. The molecule has 0 aliphatic heterocycles. The maximum absolute atomic E-state index is 12.8. The molecular weight excluding hydrogens is 424 g/mol. The lowest BCUT2D eigenvalue weighted by atomic mass is 9.87. The average Bonchev–Trinajstić information content (AvgIpc) is 2.79. The molecule has 5 N–H and O–H groups in total. The number of ether oxygens (including phenoxy) is 2. The van der Waals surface area contributed by atoms with Crippen molar-refractivity contribution in [1.29, 1.82) is 0 Å². The number of urea groups is 1. The summed E-state index contributed by atoms with van der Waals surface area (Å²) in [5.41, 5.74) is 6.68. The van der Waals surface area contributed by atoms with Gasteiger partial charge in [-0.25, -0.2) is 4.79 Å². The third-order valence-corrected chi connectivity index (χ3v) is 5.54. The van der Waals surface area contributed by atoms with Crippen LogP contribution in [0, 0.1) is 11.8 Å². The summed E-state index contributed by atoms with van der Waals surface area (Å²) >= 11 is 0. The standard InChI is InChI=1S/C24H42N4O5/c1-17(2)18(14-20(25)21(29)16-27-24(31)28(3)4)15-26-23(30)19-10-6-7-11-22(19)33-13-9-8-12-32-5/h6-7,10-11,17-18,20-21,29H,8-9,12-16,25H2,1-5H3,(H,26,30)(H,27,31)/t18-,20+,21+/m1/s1. The van der Waals surface area contributed by atoms with Gasteiger partial charge in [-0.15, -0.1) is 0 Å². The molecule has 1 aromatic rings. The van der Waals surface area contributed by atoms with Crippen LogP contribution >= 0.6 is 0 Å². The van der Waals surface area contributed by atoms with Gasteiger partial charge in [0.25, 0.3) is 5.91 Å². The number of carbonyl (C=O) groups excluding carboxylic acids is 2. The fourth-order valence-corrected chi connectivity index (χ4v) is 3.23. The fourth-order valence-electron chi connectivity index (χ4n) is 3.23. The topological polar surface area (TPSA) is 126 Å². The lowest BCUT2D eigenvalue weighted by molar-refractivity contribution is 0.0927. The lowest BCUT2D eigenvalue weighted by Gasteiger charge is -2.27. The second kappa shape index (κ2) is 15.5. The summed E-state index contributed by atoms with van der Waals surface area (Å²) in [6, 6.07) is 6.37. The van der Waals surface area contributed by atoms with Crippen LogP contribution in [0.15, 0.2) is 24.3 Å². The molecule has 188 valence electrons. The first-order valence-corrected chi connectivity index (χ1v) is 11.5. The van der Waals surface area contributed by atoms with Crippen molar-refractivity contribution in [3.05, 3.63) is 29.8 Å². The first kappa shape index (κ1) is 28.7. The molecule has 0 bridgehead atoms. The Morgan fingerprint density at radius 1 is 1.09 bits per heavy atom. The summed E-state index contributed by atoms with van der Waals surface area (Å²) in [6.45, 7) is 5.80. The van der Waals surface area contributed by atoms with Gasteiger partial charge in [0.15, 0.2) is 0 Å². The minimum atomic E-state index is -0.877. The van der Waals surface area contributed by atoms with E-state index in [-0.39, 0.29) is 30.3 Å². The molecule has 0 saturated heterocycles. The Labute approximate surface area is 198 Å². The highest BCUT2D eigenvalue weighted by Gasteiger charge is 2.24. The molecule has 0 aliphatic rings.